The van der Waals surface area contributed by atoms with Gasteiger partial charge >= 0.3 is 0 Å². The Hall–Kier alpha value is -1.39. The van der Waals surface area contributed by atoms with Crippen molar-refractivity contribution in [2.45, 2.75) is 70.7 Å². The number of rotatable bonds is 6. The van der Waals surface area contributed by atoms with Gasteiger partial charge in [-0.15, -0.1) is 0 Å². The Morgan fingerprint density at radius 2 is 2.12 bits per heavy atom. The standard InChI is InChI=1S/C20H30N2O2/c1-15(9-10-19-8-5-13-24-19)21-20(23)16(2)22-12-11-17-6-3-4-7-18(17)14-22/h3-4,6-7,15-16,19H,5,8-14H2,1-2H3,(H,21,23). The van der Waals surface area contributed by atoms with Crippen molar-refractivity contribution in [3.63, 3.8) is 0 Å². The van der Waals surface area contributed by atoms with Crippen LogP contribution in [0.15, 0.2) is 24.3 Å². The van der Waals surface area contributed by atoms with Crippen molar-refractivity contribution in [3.05, 3.63) is 35.4 Å². The van der Waals surface area contributed by atoms with E-state index in [1.54, 1.807) is 0 Å². The molecule has 4 heteroatoms. The van der Waals surface area contributed by atoms with E-state index in [1.807, 2.05) is 6.92 Å². The van der Waals surface area contributed by atoms with E-state index in [-0.39, 0.29) is 18.0 Å². The van der Waals surface area contributed by atoms with E-state index in [1.165, 1.54) is 24.0 Å². The molecule has 0 saturated carbocycles. The van der Waals surface area contributed by atoms with Gasteiger partial charge in [-0.1, -0.05) is 24.3 Å². The summed E-state index contributed by atoms with van der Waals surface area (Å²) in [7, 11) is 0. The highest BCUT2D eigenvalue weighted by Crippen LogP contribution is 2.21. The third-order valence-electron chi connectivity index (χ3n) is 5.42. The summed E-state index contributed by atoms with van der Waals surface area (Å²) in [6.07, 6.45) is 5.82. The SMILES string of the molecule is CC(CCC1CCCO1)NC(=O)C(C)N1CCc2ccccc2C1. The van der Waals surface area contributed by atoms with Crippen LogP contribution in [0.25, 0.3) is 0 Å². The molecule has 1 amide bonds. The minimum Gasteiger partial charge on any atom is -0.378 e. The van der Waals surface area contributed by atoms with E-state index in [0.717, 1.165) is 39.0 Å². The lowest BCUT2D eigenvalue weighted by molar-refractivity contribution is -0.126. The van der Waals surface area contributed by atoms with Gasteiger partial charge in [0.25, 0.3) is 0 Å². The Bertz CT molecular complexity index is 554. The van der Waals surface area contributed by atoms with E-state index in [4.69, 9.17) is 4.74 Å². The fourth-order valence-electron chi connectivity index (χ4n) is 3.76. The number of carbonyl (C=O) groups is 1. The third kappa shape index (κ3) is 4.37. The van der Waals surface area contributed by atoms with Crippen LogP contribution < -0.4 is 5.32 Å². The maximum Gasteiger partial charge on any atom is 0.237 e. The fraction of sp³-hybridized carbons (Fsp3) is 0.650. The zero-order valence-corrected chi connectivity index (χ0v) is 15.0. The maximum atomic E-state index is 12.6. The first-order valence-electron chi connectivity index (χ1n) is 9.36. The predicted octanol–water partition coefficient (Wildman–Crippen LogP) is 2.90. The van der Waals surface area contributed by atoms with Crippen LogP contribution in [0.1, 0.15) is 50.7 Å². The lowest BCUT2D eigenvalue weighted by Crippen LogP contribution is -2.49. The molecule has 1 aromatic carbocycles. The summed E-state index contributed by atoms with van der Waals surface area (Å²) in [6.45, 7) is 6.85. The fourth-order valence-corrected chi connectivity index (χ4v) is 3.76. The van der Waals surface area contributed by atoms with Crippen molar-refractivity contribution in [1.29, 1.82) is 0 Å². The molecule has 3 unspecified atom stereocenters. The molecule has 0 bridgehead atoms. The Balaban J connectivity index is 1.46. The number of hydrogen-bond donors (Lipinski definition) is 1. The molecule has 0 spiro atoms. The van der Waals surface area contributed by atoms with E-state index in [9.17, 15) is 4.79 Å². The van der Waals surface area contributed by atoms with Gasteiger partial charge in [-0.2, -0.15) is 0 Å². The average Bonchev–Trinajstić information content (AvgIpc) is 3.12. The lowest BCUT2D eigenvalue weighted by Gasteiger charge is -2.33. The first-order chi connectivity index (χ1) is 11.6. The number of carbonyl (C=O) groups excluding carboxylic acids is 1. The van der Waals surface area contributed by atoms with Gasteiger partial charge in [0.2, 0.25) is 5.91 Å². The minimum absolute atomic E-state index is 0.0801. The monoisotopic (exact) mass is 330 g/mol. The van der Waals surface area contributed by atoms with Gasteiger partial charge in [-0.05, 0) is 57.1 Å². The largest absolute Gasteiger partial charge is 0.378 e. The van der Waals surface area contributed by atoms with Crippen molar-refractivity contribution in [1.82, 2.24) is 10.2 Å². The van der Waals surface area contributed by atoms with Gasteiger partial charge in [0.05, 0.1) is 12.1 Å². The van der Waals surface area contributed by atoms with Crippen LogP contribution in [0.4, 0.5) is 0 Å². The molecule has 2 heterocycles. The molecule has 0 aromatic heterocycles. The molecule has 132 valence electrons. The van der Waals surface area contributed by atoms with Gasteiger partial charge in [-0.25, -0.2) is 0 Å². The topological polar surface area (TPSA) is 41.6 Å². The number of nitrogens with zero attached hydrogens (tertiary/aromatic N) is 1. The summed E-state index contributed by atoms with van der Waals surface area (Å²) in [4.78, 5) is 14.9. The molecule has 1 fully saturated rings. The number of nitrogens with one attached hydrogen (secondary N) is 1. The third-order valence-corrected chi connectivity index (χ3v) is 5.42. The van der Waals surface area contributed by atoms with Crippen molar-refractivity contribution >= 4 is 5.91 Å². The molecule has 0 radical (unpaired) electrons. The summed E-state index contributed by atoms with van der Waals surface area (Å²) >= 11 is 0. The molecule has 3 rings (SSSR count). The van der Waals surface area contributed by atoms with E-state index < -0.39 is 0 Å². The second-order valence-electron chi connectivity index (χ2n) is 7.29. The molecule has 1 saturated heterocycles. The minimum atomic E-state index is -0.0801. The maximum absolute atomic E-state index is 12.6. The summed E-state index contributed by atoms with van der Waals surface area (Å²) in [6, 6.07) is 8.69. The summed E-state index contributed by atoms with van der Waals surface area (Å²) < 4.78 is 5.66. The predicted molar refractivity (Wildman–Crippen MR) is 95.8 cm³/mol. The molecular formula is C20H30N2O2. The molecule has 1 aromatic rings. The van der Waals surface area contributed by atoms with E-state index >= 15 is 0 Å². The van der Waals surface area contributed by atoms with E-state index in [0.29, 0.717) is 6.10 Å². The van der Waals surface area contributed by atoms with Gasteiger partial charge in [0.15, 0.2) is 0 Å². The van der Waals surface area contributed by atoms with Crippen LogP contribution in [-0.4, -0.2) is 42.1 Å². The number of benzene rings is 1. The highest BCUT2D eigenvalue weighted by molar-refractivity contribution is 5.81. The molecule has 0 aliphatic carbocycles. The summed E-state index contributed by atoms with van der Waals surface area (Å²) in [5.74, 6) is 0.147. The molecule has 24 heavy (non-hydrogen) atoms. The number of amides is 1. The summed E-state index contributed by atoms with van der Waals surface area (Å²) in [5.41, 5.74) is 2.78. The van der Waals surface area contributed by atoms with E-state index in [2.05, 4.69) is 41.4 Å². The molecule has 2 aliphatic heterocycles. The quantitative estimate of drug-likeness (QED) is 0.872. The van der Waals surface area contributed by atoms with Gasteiger partial charge in [0.1, 0.15) is 0 Å². The van der Waals surface area contributed by atoms with Crippen molar-refractivity contribution < 1.29 is 9.53 Å². The highest BCUT2D eigenvalue weighted by atomic mass is 16.5. The second kappa shape index (κ2) is 8.13. The van der Waals surface area contributed by atoms with Crippen LogP contribution in [0.3, 0.4) is 0 Å². The average molecular weight is 330 g/mol. The molecule has 3 atom stereocenters. The van der Waals surface area contributed by atoms with Crippen molar-refractivity contribution in [3.8, 4) is 0 Å². The first kappa shape index (κ1) is 17.4. The normalized spacial score (nSPS) is 23.5. The van der Waals surface area contributed by atoms with Crippen LogP contribution >= 0.6 is 0 Å². The first-order valence-corrected chi connectivity index (χ1v) is 9.36. The smallest absolute Gasteiger partial charge is 0.237 e. The molecule has 1 N–H and O–H groups in total. The molecule has 2 aliphatic rings. The molecular weight excluding hydrogens is 300 g/mol. The Labute approximate surface area is 145 Å². The van der Waals surface area contributed by atoms with Crippen LogP contribution in [-0.2, 0) is 22.5 Å². The molecule has 4 nitrogen and oxygen atoms in total. The Morgan fingerprint density at radius 1 is 1.33 bits per heavy atom. The summed E-state index contributed by atoms with van der Waals surface area (Å²) in [5, 5.41) is 3.19. The number of ether oxygens (including phenoxy) is 1. The van der Waals surface area contributed by atoms with Crippen molar-refractivity contribution in [2.24, 2.45) is 0 Å². The number of hydrogen-bond acceptors (Lipinski definition) is 3. The van der Waals surface area contributed by atoms with Gasteiger partial charge in [0, 0.05) is 25.7 Å². The van der Waals surface area contributed by atoms with Crippen LogP contribution in [0, 0.1) is 0 Å². The van der Waals surface area contributed by atoms with Crippen molar-refractivity contribution in [2.75, 3.05) is 13.2 Å². The Morgan fingerprint density at radius 3 is 2.88 bits per heavy atom. The zero-order chi connectivity index (χ0) is 16.9. The van der Waals surface area contributed by atoms with Crippen LogP contribution in [0.2, 0.25) is 0 Å². The van der Waals surface area contributed by atoms with Crippen LogP contribution in [0.5, 0.6) is 0 Å². The number of fused-ring (bicyclic) bond motifs is 1. The lowest BCUT2D eigenvalue weighted by atomic mass is 9.98. The highest BCUT2D eigenvalue weighted by Gasteiger charge is 2.26. The van der Waals surface area contributed by atoms with Gasteiger partial charge in [-0.3, -0.25) is 9.69 Å². The Kier molecular flexibility index (Phi) is 5.90. The van der Waals surface area contributed by atoms with Gasteiger partial charge < -0.3 is 10.1 Å². The second-order valence-corrected chi connectivity index (χ2v) is 7.29. The zero-order valence-electron chi connectivity index (χ0n) is 15.0.